The maximum atomic E-state index is 11.2. The predicted octanol–water partition coefficient (Wildman–Crippen LogP) is 1.44. The minimum absolute atomic E-state index is 0.381. The van der Waals surface area contributed by atoms with Gasteiger partial charge in [-0.05, 0) is 26.0 Å². The molecule has 92 valence electrons. The fourth-order valence-electron chi connectivity index (χ4n) is 1.32. The van der Waals surface area contributed by atoms with Crippen molar-refractivity contribution in [2.45, 2.75) is 20.4 Å². The number of aromatic nitrogens is 1. The summed E-state index contributed by atoms with van der Waals surface area (Å²) in [4.78, 5) is 14.1. The highest BCUT2D eigenvalue weighted by atomic mass is 16.5. The molecule has 17 heavy (non-hydrogen) atoms. The Morgan fingerprint density at radius 1 is 1.59 bits per heavy atom. The highest BCUT2D eigenvalue weighted by Gasteiger charge is 2.15. The molecule has 1 heterocycles. The van der Waals surface area contributed by atoms with E-state index in [1.807, 2.05) is 19.9 Å². The van der Waals surface area contributed by atoms with Crippen molar-refractivity contribution in [2.75, 3.05) is 13.7 Å². The van der Waals surface area contributed by atoms with Crippen molar-refractivity contribution in [3.63, 3.8) is 0 Å². The first-order valence-electron chi connectivity index (χ1n) is 5.37. The third-order valence-corrected chi connectivity index (χ3v) is 2.34. The fourth-order valence-corrected chi connectivity index (χ4v) is 1.32. The van der Waals surface area contributed by atoms with Gasteiger partial charge in [0, 0.05) is 18.8 Å². The largest absolute Gasteiger partial charge is 0.464 e. The summed E-state index contributed by atoms with van der Waals surface area (Å²) in [5, 5.41) is 12.0. The Labute approximate surface area is 101 Å². The molecule has 0 radical (unpaired) electrons. The molecule has 0 bridgehead atoms. The van der Waals surface area contributed by atoms with E-state index in [1.165, 1.54) is 7.11 Å². The number of nitriles is 1. The molecule has 0 aliphatic carbocycles. The number of rotatable bonds is 5. The van der Waals surface area contributed by atoms with Crippen LogP contribution in [0.4, 0.5) is 0 Å². The zero-order valence-corrected chi connectivity index (χ0v) is 10.3. The molecule has 5 heteroatoms. The standard InChI is InChI=1S/C12H17N3O2/c1-12(2,7-13)8-14-6-9-4-5-10(15-9)11(16)17-3/h4-5,14-15H,6,8H2,1-3H3. The van der Waals surface area contributed by atoms with E-state index in [-0.39, 0.29) is 5.97 Å². The Morgan fingerprint density at radius 3 is 2.88 bits per heavy atom. The number of methoxy groups -OCH3 is 1. The van der Waals surface area contributed by atoms with Crippen molar-refractivity contribution in [3.05, 3.63) is 23.5 Å². The molecule has 0 amide bonds. The highest BCUT2D eigenvalue weighted by molar-refractivity contribution is 5.87. The van der Waals surface area contributed by atoms with Gasteiger partial charge in [-0.3, -0.25) is 0 Å². The smallest absolute Gasteiger partial charge is 0.354 e. The van der Waals surface area contributed by atoms with Gasteiger partial charge >= 0.3 is 5.97 Å². The van der Waals surface area contributed by atoms with E-state index in [0.717, 1.165) is 5.69 Å². The molecule has 1 rings (SSSR count). The van der Waals surface area contributed by atoms with Crippen molar-refractivity contribution in [1.29, 1.82) is 5.26 Å². The van der Waals surface area contributed by atoms with Crippen LogP contribution in [0.5, 0.6) is 0 Å². The zero-order chi connectivity index (χ0) is 12.9. The minimum Gasteiger partial charge on any atom is -0.464 e. The lowest BCUT2D eigenvalue weighted by molar-refractivity contribution is 0.0594. The number of carbonyl (C=O) groups excluding carboxylic acids is 1. The number of H-pyrrole nitrogens is 1. The molecule has 0 saturated heterocycles. The Morgan fingerprint density at radius 2 is 2.29 bits per heavy atom. The van der Waals surface area contributed by atoms with Gasteiger partial charge in [0.1, 0.15) is 5.69 Å². The summed E-state index contributed by atoms with van der Waals surface area (Å²) in [6.07, 6.45) is 0. The summed E-state index contributed by atoms with van der Waals surface area (Å²) in [6, 6.07) is 5.71. The molecule has 1 aromatic rings. The summed E-state index contributed by atoms with van der Waals surface area (Å²) < 4.78 is 4.59. The normalized spacial score (nSPS) is 10.9. The quantitative estimate of drug-likeness (QED) is 0.757. The molecule has 1 aromatic heterocycles. The van der Waals surface area contributed by atoms with Crippen molar-refractivity contribution >= 4 is 5.97 Å². The van der Waals surface area contributed by atoms with E-state index < -0.39 is 5.41 Å². The van der Waals surface area contributed by atoms with E-state index in [0.29, 0.717) is 18.8 Å². The van der Waals surface area contributed by atoms with Crippen molar-refractivity contribution in [3.8, 4) is 6.07 Å². The van der Waals surface area contributed by atoms with Gasteiger partial charge in [-0.2, -0.15) is 5.26 Å². The van der Waals surface area contributed by atoms with Crippen LogP contribution in [0.2, 0.25) is 0 Å². The van der Waals surface area contributed by atoms with Crippen LogP contribution in [0.1, 0.15) is 30.0 Å². The third kappa shape index (κ3) is 3.93. The van der Waals surface area contributed by atoms with Crippen LogP contribution in [0.15, 0.2) is 12.1 Å². The molecule has 0 spiro atoms. The van der Waals surface area contributed by atoms with Gasteiger partial charge in [0.2, 0.25) is 0 Å². The lowest BCUT2D eigenvalue weighted by atomic mass is 9.96. The molecule has 0 aromatic carbocycles. The number of hydrogen-bond acceptors (Lipinski definition) is 4. The number of nitrogens with zero attached hydrogens (tertiary/aromatic N) is 1. The average Bonchev–Trinajstić information content (AvgIpc) is 2.76. The molecule has 0 fully saturated rings. The van der Waals surface area contributed by atoms with E-state index in [1.54, 1.807) is 6.07 Å². The first-order chi connectivity index (χ1) is 7.98. The van der Waals surface area contributed by atoms with Crippen molar-refractivity contribution in [2.24, 2.45) is 5.41 Å². The van der Waals surface area contributed by atoms with Gasteiger partial charge in [0.05, 0.1) is 18.6 Å². The highest BCUT2D eigenvalue weighted by Crippen LogP contribution is 2.11. The molecule has 0 saturated carbocycles. The summed E-state index contributed by atoms with van der Waals surface area (Å²) in [5.41, 5.74) is 0.931. The van der Waals surface area contributed by atoms with Gasteiger partial charge in [0.25, 0.3) is 0 Å². The first kappa shape index (κ1) is 13.3. The number of nitrogens with one attached hydrogen (secondary N) is 2. The van der Waals surface area contributed by atoms with Gasteiger partial charge < -0.3 is 15.0 Å². The molecule has 0 aliphatic heterocycles. The molecule has 0 unspecified atom stereocenters. The van der Waals surface area contributed by atoms with Gasteiger partial charge in [-0.1, -0.05) is 0 Å². The summed E-state index contributed by atoms with van der Waals surface area (Å²) in [7, 11) is 1.34. The summed E-state index contributed by atoms with van der Waals surface area (Å²) in [5.74, 6) is -0.381. The van der Waals surface area contributed by atoms with Crippen LogP contribution < -0.4 is 5.32 Å². The van der Waals surface area contributed by atoms with E-state index in [9.17, 15) is 4.79 Å². The predicted molar refractivity (Wildman–Crippen MR) is 63.2 cm³/mol. The minimum atomic E-state index is -0.391. The maximum Gasteiger partial charge on any atom is 0.354 e. The second-order valence-corrected chi connectivity index (χ2v) is 4.49. The average molecular weight is 235 g/mol. The topological polar surface area (TPSA) is 77.9 Å². The van der Waals surface area contributed by atoms with Crippen LogP contribution in [-0.4, -0.2) is 24.6 Å². The van der Waals surface area contributed by atoms with Gasteiger partial charge in [-0.25, -0.2) is 4.79 Å². The SMILES string of the molecule is COC(=O)c1ccc(CNCC(C)(C)C#N)[nH]1. The van der Waals surface area contributed by atoms with Crippen LogP contribution in [0.25, 0.3) is 0 Å². The first-order valence-corrected chi connectivity index (χ1v) is 5.37. The van der Waals surface area contributed by atoms with Crippen molar-refractivity contribution in [1.82, 2.24) is 10.3 Å². The second kappa shape index (κ2) is 5.51. The summed E-state index contributed by atoms with van der Waals surface area (Å²) >= 11 is 0. The molecule has 0 atom stereocenters. The Bertz CT molecular complexity index is 429. The monoisotopic (exact) mass is 235 g/mol. The van der Waals surface area contributed by atoms with E-state index >= 15 is 0 Å². The Kier molecular flexibility index (Phi) is 4.30. The van der Waals surface area contributed by atoms with E-state index in [4.69, 9.17) is 5.26 Å². The number of esters is 1. The molecular weight excluding hydrogens is 218 g/mol. The third-order valence-electron chi connectivity index (χ3n) is 2.34. The molecule has 0 aliphatic rings. The number of hydrogen-bond donors (Lipinski definition) is 2. The molecule has 2 N–H and O–H groups in total. The van der Waals surface area contributed by atoms with Crippen molar-refractivity contribution < 1.29 is 9.53 Å². The Balaban J connectivity index is 2.46. The molecular formula is C12H17N3O2. The molecule has 5 nitrogen and oxygen atoms in total. The van der Waals surface area contributed by atoms with Crippen LogP contribution in [-0.2, 0) is 11.3 Å². The maximum absolute atomic E-state index is 11.2. The number of aromatic amines is 1. The fraction of sp³-hybridized carbons (Fsp3) is 0.500. The summed E-state index contributed by atoms with van der Waals surface area (Å²) in [6.45, 7) is 4.92. The van der Waals surface area contributed by atoms with E-state index in [2.05, 4.69) is 21.1 Å². The second-order valence-electron chi connectivity index (χ2n) is 4.49. The lowest BCUT2D eigenvalue weighted by Crippen LogP contribution is -2.27. The zero-order valence-electron chi connectivity index (χ0n) is 10.3. The Hall–Kier alpha value is -1.80. The van der Waals surface area contributed by atoms with Gasteiger partial charge in [0.15, 0.2) is 0 Å². The van der Waals surface area contributed by atoms with Gasteiger partial charge in [-0.15, -0.1) is 0 Å². The van der Waals surface area contributed by atoms with Crippen LogP contribution >= 0.6 is 0 Å². The van der Waals surface area contributed by atoms with Crippen LogP contribution in [0, 0.1) is 16.7 Å². The number of carbonyl (C=O) groups is 1. The van der Waals surface area contributed by atoms with Crippen LogP contribution in [0.3, 0.4) is 0 Å². The lowest BCUT2D eigenvalue weighted by Gasteiger charge is -2.15. The number of ether oxygens (including phenoxy) is 1.